The van der Waals surface area contributed by atoms with Crippen LogP contribution in [-0.2, 0) is 6.42 Å². The summed E-state index contributed by atoms with van der Waals surface area (Å²) in [4.78, 5) is 2.63. The minimum atomic E-state index is 0.172. The van der Waals surface area contributed by atoms with E-state index < -0.39 is 0 Å². The van der Waals surface area contributed by atoms with E-state index in [1.807, 2.05) is 0 Å². The van der Waals surface area contributed by atoms with Gasteiger partial charge < -0.3 is 5.73 Å². The highest BCUT2D eigenvalue weighted by Crippen LogP contribution is 2.34. The maximum Gasteiger partial charge on any atom is 0.0455 e. The first-order valence-electron chi connectivity index (χ1n) is 8.72. The molecule has 3 rings (SSSR count). The van der Waals surface area contributed by atoms with Crippen LogP contribution < -0.4 is 5.73 Å². The molecule has 1 aromatic carbocycles. The third-order valence-electron chi connectivity index (χ3n) is 5.78. The Hall–Kier alpha value is -0.860. The van der Waals surface area contributed by atoms with E-state index in [2.05, 4.69) is 43.1 Å². The molecule has 0 spiro atoms. The molecule has 116 valence electrons. The summed E-state index contributed by atoms with van der Waals surface area (Å²) in [6.07, 6.45) is 9.18. The summed E-state index contributed by atoms with van der Waals surface area (Å²) in [5, 5.41) is 0. The highest BCUT2D eigenvalue weighted by Gasteiger charge is 2.32. The van der Waals surface area contributed by atoms with Crippen molar-refractivity contribution in [1.82, 2.24) is 4.90 Å². The fourth-order valence-electron chi connectivity index (χ4n) is 4.48. The first kappa shape index (κ1) is 15.1. The Kier molecular flexibility index (Phi) is 4.66. The second-order valence-electron chi connectivity index (χ2n) is 7.28. The Morgan fingerprint density at radius 3 is 2.71 bits per heavy atom. The van der Waals surface area contributed by atoms with Crippen LogP contribution in [0.25, 0.3) is 0 Å². The SMILES string of the molecule is CC1CCCC(N(C)C2CCCc3ccccc3C2N)C1. The van der Waals surface area contributed by atoms with Gasteiger partial charge in [-0.1, -0.05) is 44.0 Å². The van der Waals surface area contributed by atoms with Crippen molar-refractivity contribution >= 4 is 0 Å². The predicted molar refractivity (Wildman–Crippen MR) is 89.3 cm³/mol. The first-order chi connectivity index (χ1) is 10.2. The van der Waals surface area contributed by atoms with E-state index in [1.165, 1.54) is 56.1 Å². The van der Waals surface area contributed by atoms with E-state index >= 15 is 0 Å². The van der Waals surface area contributed by atoms with Crippen molar-refractivity contribution < 1.29 is 0 Å². The topological polar surface area (TPSA) is 29.3 Å². The number of hydrogen-bond acceptors (Lipinski definition) is 2. The summed E-state index contributed by atoms with van der Waals surface area (Å²) >= 11 is 0. The molecule has 21 heavy (non-hydrogen) atoms. The van der Waals surface area contributed by atoms with Crippen LogP contribution >= 0.6 is 0 Å². The highest BCUT2D eigenvalue weighted by molar-refractivity contribution is 5.32. The molecule has 1 aromatic rings. The summed E-state index contributed by atoms with van der Waals surface area (Å²) in [6, 6.07) is 10.2. The molecule has 0 bridgehead atoms. The van der Waals surface area contributed by atoms with Crippen LogP contribution in [0, 0.1) is 5.92 Å². The van der Waals surface area contributed by atoms with Crippen molar-refractivity contribution in [2.75, 3.05) is 7.05 Å². The number of benzene rings is 1. The minimum absolute atomic E-state index is 0.172. The molecule has 2 heteroatoms. The molecule has 2 aliphatic carbocycles. The third kappa shape index (κ3) is 3.17. The van der Waals surface area contributed by atoms with Crippen molar-refractivity contribution in [3.8, 4) is 0 Å². The van der Waals surface area contributed by atoms with Gasteiger partial charge in [-0.2, -0.15) is 0 Å². The van der Waals surface area contributed by atoms with Crippen LogP contribution in [0.4, 0.5) is 0 Å². The fraction of sp³-hybridized carbons (Fsp3) is 0.684. The zero-order valence-corrected chi connectivity index (χ0v) is 13.6. The quantitative estimate of drug-likeness (QED) is 0.835. The van der Waals surface area contributed by atoms with Gasteiger partial charge in [0.05, 0.1) is 0 Å². The van der Waals surface area contributed by atoms with Gasteiger partial charge in [-0.15, -0.1) is 0 Å². The van der Waals surface area contributed by atoms with Gasteiger partial charge in [0.1, 0.15) is 0 Å². The molecular formula is C19H30N2. The van der Waals surface area contributed by atoms with Gasteiger partial charge in [0.2, 0.25) is 0 Å². The lowest BCUT2D eigenvalue weighted by Gasteiger charge is -2.41. The van der Waals surface area contributed by atoms with E-state index in [0.29, 0.717) is 6.04 Å². The van der Waals surface area contributed by atoms with Crippen molar-refractivity contribution in [1.29, 1.82) is 0 Å². The first-order valence-corrected chi connectivity index (χ1v) is 8.72. The Morgan fingerprint density at radius 2 is 1.90 bits per heavy atom. The normalized spacial score (nSPS) is 33.5. The van der Waals surface area contributed by atoms with Gasteiger partial charge in [-0.25, -0.2) is 0 Å². The van der Waals surface area contributed by atoms with E-state index in [-0.39, 0.29) is 6.04 Å². The van der Waals surface area contributed by atoms with Gasteiger partial charge in [-0.3, -0.25) is 4.90 Å². The lowest BCUT2D eigenvalue weighted by atomic mass is 9.84. The second kappa shape index (κ2) is 6.50. The molecule has 0 amide bonds. The number of aryl methyl sites for hydroxylation is 1. The third-order valence-corrected chi connectivity index (χ3v) is 5.78. The van der Waals surface area contributed by atoms with Crippen LogP contribution in [0.15, 0.2) is 24.3 Å². The van der Waals surface area contributed by atoms with Gasteiger partial charge in [0.25, 0.3) is 0 Å². The minimum Gasteiger partial charge on any atom is -0.323 e. The molecule has 2 N–H and O–H groups in total. The molecule has 1 saturated carbocycles. The largest absolute Gasteiger partial charge is 0.323 e. The molecule has 4 atom stereocenters. The zero-order valence-electron chi connectivity index (χ0n) is 13.6. The molecule has 0 heterocycles. The summed E-state index contributed by atoms with van der Waals surface area (Å²) in [6.45, 7) is 2.41. The smallest absolute Gasteiger partial charge is 0.0455 e. The summed E-state index contributed by atoms with van der Waals surface area (Å²) in [5.74, 6) is 0.875. The molecule has 0 aliphatic heterocycles. The Bertz CT molecular complexity index is 470. The van der Waals surface area contributed by atoms with Gasteiger partial charge in [-0.05, 0) is 56.2 Å². The van der Waals surface area contributed by atoms with Crippen LogP contribution in [0.5, 0.6) is 0 Å². The van der Waals surface area contributed by atoms with Crippen molar-refractivity contribution in [2.45, 2.75) is 70.0 Å². The predicted octanol–water partition coefficient (Wildman–Crippen LogP) is 3.90. The number of hydrogen-bond donors (Lipinski definition) is 1. The fourth-order valence-corrected chi connectivity index (χ4v) is 4.48. The van der Waals surface area contributed by atoms with Crippen LogP contribution in [0.2, 0.25) is 0 Å². The van der Waals surface area contributed by atoms with Crippen molar-refractivity contribution in [3.63, 3.8) is 0 Å². The van der Waals surface area contributed by atoms with Crippen LogP contribution in [-0.4, -0.2) is 24.0 Å². The van der Waals surface area contributed by atoms with Crippen LogP contribution in [0.3, 0.4) is 0 Å². The number of rotatable bonds is 2. The Morgan fingerprint density at radius 1 is 1.10 bits per heavy atom. The summed E-state index contributed by atoms with van der Waals surface area (Å²) in [5.41, 5.74) is 9.55. The Balaban J connectivity index is 1.78. The zero-order chi connectivity index (χ0) is 14.8. The van der Waals surface area contributed by atoms with Crippen LogP contribution in [0.1, 0.15) is 62.6 Å². The van der Waals surface area contributed by atoms with Crippen molar-refractivity contribution in [2.24, 2.45) is 11.7 Å². The number of fused-ring (bicyclic) bond motifs is 1. The van der Waals surface area contributed by atoms with E-state index in [9.17, 15) is 0 Å². The maximum atomic E-state index is 6.69. The number of nitrogens with two attached hydrogens (primary N) is 1. The lowest BCUT2D eigenvalue weighted by molar-refractivity contribution is 0.0984. The molecule has 0 aromatic heterocycles. The summed E-state index contributed by atoms with van der Waals surface area (Å²) in [7, 11) is 2.32. The summed E-state index contributed by atoms with van der Waals surface area (Å²) < 4.78 is 0. The highest BCUT2D eigenvalue weighted by atomic mass is 15.2. The molecule has 0 radical (unpaired) electrons. The van der Waals surface area contributed by atoms with E-state index in [4.69, 9.17) is 5.73 Å². The van der Waals surface area contributed by atoms with E-state index in [0.717, 1.165) is 12.0 Å². The second-order valence-corrected chi connectivity index (χ2v) is 7.28. The molecule has 1 fully saturated rings. The van der Waals surface area contributed by atoms with Gasteiger partial charge in [0.15, 0.2) is 0 Å². The molecule has 4 unspecified atom stereocenters. The monoisotopic (exact) mass is 286 g/mol. The number of nitrogens with zero attached hydrogens (tertiary/aromatic N) is 1. The Labute approximate surface area is 129 Å². The molecule has 2 nitrogen and oxygen atoms in total. The standard InChI is InChI=1S/C19H30N2/c1-14-7-5-10-16(13-14)21(2)18-12-6-9-15-8-3-4-11-17(15)19(18)20/h3-4,8,11,14,16,18-19H,5-7,9-10,12-13,20H2,1-2H3. The van der Waals surface area contributed by atoms with Gasteiger partial charge in [0, 0.05) is 18.1 Å². The number of likely N-dealkylation sites (N-methyl/N-ethyl adjacent to an activating group) is 1. The molecule has 0 saturated heterocycles. The van der Waals surface area contributed by atoms with E-state index in [1.54, 1.807) is 0 Å². The average Bonchev–Trinajstić information content (AvgIpc) is 2.66. The van der Waals surface area contributed by atoms with Gasteiger partial charge >= 0.3 is 0 Å². The average molecular weight is 286 g/mol. The molecular weight excluding hydrogens is 256 g/mol. The van der Waals surface area contributed by atoms with Crippen molar-refractivity contribution in [3.05, 3.63) is 35.4 Å². The maximum absolute atomic E-state index is 6.69. The molecule has 2 aliphatic rings. The lowest BCUT2D eigenvalue weighted by Crippen LogP contribution is -2.47.